The summed E-state index contributed by atoms with van der Waals surface area (Å²) in [6.07, 6.45) is 2.12. The Balaban J connectivity index is 2.50. The van der Waals surface area contributed by atoms with Crippen LogP contribution in [-0.4, -0.2) is 62.0 Å². The van der Waals surface area contributed by atoms with Crippen molar-refractivity contribution in [3.63, 3.8) is 0 Å². The SMILES string of the molecule is CC(C)CN(CCN(C)C)C(=O)C1CCCN1. The molecule has 1 amide bonds. The van der Waals surface area contributed by atoms with Gasteiger partial charge in [-0.15, -0.1) is 0 Å². The highest BCUT2D eigenvalue weighted by atomic mass is 16.2. The molecule has 1 saturated heterocycles. The monoisotopic (exact) mass is 241 g/mol. The molecule has 1 rings (SSSR count). The molecule has 0 aromatic carbocycles. The van der Waals surface area contributed by atoms with Gasteiger partial charge in [0.05, 0.1) is 6.04 Å². The Kier molecular flexibility index (Phi) is 5.92. The van der Waals surface area contributed by atoms with Crippen molar-refractivity contribution in [2.75, 3.05) is 40.3 Å². The van der Waals surface area contributed by atoms with Crippen LogP contribution in [0.3, 0.4) is 0 Å². The van der Waals surface area contributed by atoms with Gasteiger partial charge in [0.25, 0.3) is 0 Å². The average Bonchev–Trinajstić information content (AvgIpc) is 2.75. The van der Waals surface area contributed by atoms with E-state index in [0.717, 1.165) is 39.0 Å². The average molecular weight is 241 g/mol. The molecule has 0 radical (unpaired) electrons. The third-order valence-corrected chi connectivity index (χ3v) is 3.07. The number of carbonyl (C=O) groups excluding carboxylic acids is 1. The molecule has 4 nitrogen and oxygen atoms in total. The first-order valence-electron chi connectivity index (χ1n) is 6.67. The molecule has 17 heavy (non-hydrogen) atoms. The van der Waals surface area contributed by atoms with E-state index >= 15 is 0 Å². The highest BCUT2D eigenvalue weighted by molar-refractivity contribution is 5.82. The zero-order valence-corrected chi connectivity index (χ0v) is 11.7. The van der Waals surface area contributed by atoms with Crippen LogP contribution in [0.15, 0.2) is 0 Å². The molecule has 1 fully saturated rings. The molecule has 0 spiro atoms. The summed E-state index contributed by atoms with van der Waals surface area (Å²) in [6.45, 7) is 7.95. The van der Waals surface area contributed by atoms with Crippen LogP contribution in [0.25, 0.3) is 0 Å². The van der Waals surface area contributed by atoms with Crippen molar-refractivity contribution in [1.82, 2.24) is 15.1 Å². The second-order valence-corrected chi connectivity index (χ2v) is 5.63. The summed E-state index contributed by atoms with van der Waals surface area (Å²) in [5.41, 5.74) is 0. The molecule has 1 atom stereocenters. The Hall–Kier alpha value is -0.610. The summed E-state index contributed by atoms with van der Waals surface area (Å²) in [4.78, 5) is 16.5. The quantitative estimate of drug-likeness (QED) is 0.746. The number of likely N-dealkylation sites (N-methyl/N-ethyl adjacent to an activating group) is 1. The Labute approximate surface area is 105 Å². The summed E-state index contributed by atoms with van der Waals surface area (Å²) >= 11 is 0. The zero-order valence-electron chi connectivity index (χ0n) is 11.7. The summed E-state index contributed by atoms with van der Waals surface area (Å²) < 4.78 is 0. The van der Waals surface area contributed by atoms with Gasteiger partial charge in [-0.25, -0.2) is 0 Å². The van der Waals surface area contributed by atoms with Gasteiger partial charge in [0.1, 0.15) is 0 Å². The van der Waals surface area contributed by atoms with E-state index < -0.39 is 0 Å². The Morgan fingerprint density at radius 3 is 2.53 bits per heavy atom. The van der Waals surface area contributed by atoms with Gasteiger partial charge in [-0.05, 0) is 39.4 Å². The largest absolute Gasteiger partial charge is 0.340 e. The number of amides is 1. The predicted molar refractivity (Wildman–Crippen MR) is 71.0 cm³/mol. The van der Waals surface area contributed by atoms with Crippen molar-refractivity contribution >= 4 is 5.91 Å². The molecule has 1 unspecified atom stereocenters. The van der Waals surface area contributed by atoms with E-state index in [4.69, 9.17) is 0 Å². The number of nitrogens with one attached hydrogen (secondary N) is 1. The number of rotatable bonds is 6. The van der Waals surface area contributed by atoms with E-state index in [2.05, 4.69) is 24.1 Å². The van der Waals surface area contributed by atoms with Crippen molar-refractivity contribution in [3.05, 3.63) is 0 Å². The van der Waals surface area contributed by atoms with Crippen LogP contribution in [0, 0.1) is 5.92 Å². The van der Waals surface area contributed by atoms with Crippen molar-refractivity contribution in [2.24, 2.45) is 5.92 Å². The number of carbonyl (C=O) groups is 1. The summed E-state index contributed by atoms with van der Waals surface area (Å²) in [7, 11) is 4.09. The molecule has 1 N–H and O–H groups in total. The smallest absolute Gasteiger partial charge is 0.239 e. The lowest BCUT2D eigenvalue weighted by molar-refractivity contribution is -0.133. The highest BCUT2D eigenvalue weighted by Gasteiger charge is 2.26. The molecule has 4 heteroatoms. The van der Waals surface area contributed by atoms with Crippen molar-refractivity contribution in [3.8, 4) is 0 Å². The number of hydrogen-bond acceptors (Lipinski definition) is 3. The maximum absolute atomic E-state index is 12.3. The molecule has 0 saturated carbocycles. The first-order chi connectivity index (χ1) is 8.00. The molecule has 0 aromatic rings. The lowest BCUT2D eigenvalue weighted by Gasteiger charge is -2.28. The van der Waals surface area contributed by atoms with Crippen LogP contribution >= 0.6 is 0 Å². The molecule has 100 valence electrons. The molecule has 0 aliphatic carbocycles. The fraction of sp³-hybridized carbons (Fsp3) is 0.923. The highest BCUT2D eigenvalue weighted by Crippen LogP contribution is 2.10. The van der Waals surface area contributed by atoms with Gasteiger partial charge in [0, 0.05) is 19.6 Å². The van der Waals surface area contributed by atoms with E-state index in [9.17, 15) is 4.79 Å². The van der Waals surface area contributed by atoms with Crippen LogP contribution in [-0.2, 0) is 4.79 Å². The van der Waals surface area contributed by atoms with Gasteiger partial charge in [0.2, 0.25) is 5.91 Å². The minimum Gasteiger partial charge on any atom is -0.340 e. The van der Waals surface area contributed by atoms with Crippen LogP contribution < -0.4 is 5.32 Å². The number of nitrogens with zero attached hydrogens (tertiary/aromatic N) is 2. The Bertz CT molecular complexity index is 235. The van der Waals surface area contributed by atoms with E-state index in [0.29, 0.717) is 5.92 Å². The van der Waals surface area contributed by atoms with Gasteiger partial charge < -0.3 is 15.1 Å². The Morgan fingerprint density at radius 2 is 2.06 bits per heavy atom. The molecular weight excluding hydrogens is 214 g/mol. The van der Waals surface area contributed by atoms with E-state index in [1.807, 2.05) is 19.0 Å². The molecule has 1 aliphatic heterocycles. The maximum Gasteiger partial charge on any atom is 0.239 e. The van der Waals surface area contributed by atoms with Crippen LogP contribution in [0.5, 0.6) is 0 Å². The predicted octanol–water partition coefficient (Wildman–Crippen LogP) is 0.785. The minimum absolute atomic E-state index is 0.0657. The van der Waals surface area contributed by atoms with Gasteiger partial charge in [-0.2, -0.15) is 0 Å². The fourth-order valence-electron chi connectivity index (χ4n) is 2.17. The minimum atomic E-state index is 0.0657. The normalized spacial score (nSPS) is 20.2. The fourth-order valence-corrected chi connectivity index (χ4v) is 2.17. The van der Waals surface area contributed by atoms with Gasteiger partial charge >= 0.3 is 0 Å². The maximum atomic E-state index is 12.3. The van der Waals surface area contributed by atoms with Gasteiger partial charge in [-0.3, -0.25) is 4.79 Å². The van der Waals surface area contributed by atoms with E-state index in [1.54, 1.807) is 0 Å². The standard InChI is InChI=1S/C13H27N3O/c1-11(2)10-16(9-8-15(3)4)13(17)12-6-5-7-14-12/h11-12,14H,5-10H2,1-4H3. The van der Waals surface area contributed by atoms with Crippen molar-refractivity contribution < 1.29 is 4.79 Å². The third-order valence-electron chi connectivity index (χ3n) is 3.07. The molecular formula is C13H27N3O. The van der Waals surface area contributed by atoms with E-state index in [-0.39, 0.29) is 11.9 Å². The lowest BCUT2D eigenvalue weighted by atomic mass is 10.1. The second kappa shape index (κ2) is 6.97. The van der Waals surface area contributed by atoms with Crippen molar-refractivity contribution in [2.45, 2.75) is 32.7 Å². The summed E-state index contributed by atoms with van der Waals surface area (Å²) in [6, 6.07) is 0.0657. The topological polar surface area (TPSA) is 35.6 Å². The summed E-state index contributed by atoms with van der Waals surface area (Å²) in [5, 5.41) is 3.29. The van der Waals surface area contributed by atoms with Crippen molar-refractivity contribution in [1.29, 1.82) is 0 Å². The first-order valence-corrected chi connectivity index (χ1v) is 6.67. The van der Waals surface area contributed by atoms with E-state index in [1.165, 1.54) is 0 Å². The lowest BCUT2D eigenvalue weighted by Crippen LogP contribution is -2.47. The second-order valence-electron chi connectivity index (χ2n) is 5.63. The Morgan fingerprint density at radius 1 is 1.35 bits per heavy atom. The molecule has 0 aromatic heterocycles. The van der Waals surface area contributed by atoms with Crippen LogP contribution in [0.4, 0.5) is 0 Å². The molecule has 1 heterocycles. The van der Waals surface area contributed by atoms with Gasteiger partial charge in [-0.1, -0.05) is 13.8 Å². The first kappa shape index (κ1) is 14.5. The van der Waals surface area contributed by atoms with Crippen LogP contribution in [0.2, 0.25) is 0 Å². The van der Waals surface area contributed by atoms with Gasteiger partial charge in [0.15, 0.2) is 0 Å². The summed E-state index contributed by atoms with van der Waals surface area (Å²) in [5.74, 6) is 0.820. The van der Waals surface area contributed by atoms with Crippen LogP contribution in [0.1, 0.15) is 26.7 Å². The molecule has 0 bridgehead atoms. The molecule has 1 aliphatic rings. The third kappa shape index (κ3) is 5.04. The zero-order chi connectivity index (χ0) is 12.8. The number of hydrogen-bond donors (Lipinski definition) is 1.